The van der Waals surface area contributed by atoms with Crippen molar-refractivity contribution >= 4 is 50.3 Å². The van der Waals surface area contributed by atoms with E-state index in [4.69, 9.17) is 5.11 Å². The van der Waals surface area contributed by atoms with Gasteiger partial charge in [-0.05, 0) is 40.8 Å². The summed E-state index contributed by atoms with van der Waals surface area (Å²) < 4.78 is 26.7. The van der Waals surface area contributed by atoms with Gasteiger partial charge >= 0.3 is 5.97 Å². The fourth-order valence-electron chi connectivity index (χ4n) is 1.76. The van der Waals surface area contributed by atoms with Gasteiger partial charge in [0.15, 0.2) is 0 Å². The molecule has 0 bridgehead atoms. The number of carbonyl (C=O) groups is 1. The third-order valence-corrected chi connectivity index (χ3v) is 6.55. The third-order valence-electron chi connectivity index (χ3n) is 2.78. The van der Waals surface area contributed by atoms with Crippen LogP contribution in [0.2, 0.25) is 0 Å². The zero-order valence-corrected chi connectivity index (χ0v) is 13.7. The van der Waals surface area contributed by atoms with Crippen molar-refractivity contribution in [2.45, 2.75) is 4.90 Å². The number of hydrogen-bond acceptors (Lipinski definition) is 4. The monoisotopic (exact) mass is 413 g/mol. The van der Waals surface area contributed by atoms with E-state index in [1.807, 2.05) is 22.6 Å². The lowest BCUT2D eigenvalue weighted by atomic mass is 10.2. The zero-order valence-electron chi connectivity index (χ0n) is 9.87. The first-order valence-electron chi connectivity index (χ1n) is 5.53. The van der Waals surface area contributed by atoms with E-state index >= 15 is 0 Å². The van der Waals surface area contributed by atoms with Crippen LogP contribution in [0, 0.1) is 3.57 Å². The second-order valence-corrected chi connectivity index (χ2v) is 8.29. The first kappa shape index (κ1) is 15.1. The van der Waals surface area contributed by atoms with Crippen LogP contribution in [-0.4, -0.2) is 48.4 Å². The zero-order chi connectivity index (χ0) is 14.0. The molecule has 1 saturated heterocycles. The molecule has 0 aliphatic carbocycles. The first-order valence-corrected chi connectivity index (χ1v) is 9.21. The Balaban J connectivity index is 2.40. The second kappa shape index (κ2) is 5.98. The van der Waals surface area contributed by atoms with E-state index < -0.39 is 16.0 Å². The molecule has 1 aromatic carbocycles. The van der Waals surface area contributed by atoms with Gasteiger partial charge < -0.3 is 5.11 Å². The molecule has 1 heterocycles. The Kier molecular flexibility index (Phi) is 4.75. The highest BCUT2D eigenvalue weighted by Gasteiger charge is 2.27. The Hall–Kier alpha value is -0.320. The minimum Gasteiger partial charge on any atom is -0.478 e. The molecule has 0 spiro atoms. The molecule has 1 aliphatic heterocycles. The van der Waals surface area contributed by atoms with Gasteiger partial charge in [0.1, 0.15) is 0 Å². The van der Waals surface area contributed by atoms with E-state index in [0.29, 0.717) is 16.7 Å². The maximum absolute atomic E-state index is 12.4. The van der Waals surface area contributed by atoms with Crippen LogP contribution >= 0.6 is 34.4 Å². The van der Waals surface area contributed by atoms with Crippen molar-refractivity contribution in [1.29, 1.82) is 0 Å². The van der Waals surface area contributed by atoms with E-state index in [1.54, 1.807) is 11.8 Å². The Bertz CT molecular complexity index is 597. The minimum absolute atomic E-state index is 0.0214. The van der Waals surface area contributed by atoms with Gasteiger partial charge in [0.2, 0.25) is 10.0 Å². The van der Waals surface area contributed by atoms with Gasteiger partial charge in [0.25, 0.3) is 0 Å². The van der Waals surface area contributed by atoms with Crippen LogP contribution in [0.25, 0.3) is 0 Å². The van der Waals surface area contributed by atoms with Crippen molar-refractivity contribution < 1.29 is 18.3 Å². The van der Waals surface area contributed by atoms with Gasteiger partial charge in [-0.15, -0.1) is 0 Å². The molecule has 0 saturated carbocycles. The summed E-state index contributed by atoms with van der Waals surface area (Å²) in [5, 5.41) is 9.05. The quantitative estimate of drug-likeness (QED) is 0.765. The highest BCUT2D eigenvalue weighted by Crippen LogP contribution is 2.23. The fraction of sp³-hybridized carbons (Fsp3) is 0.364. The molecule has 2 rings (SSSR count). The maximum atomic E-state index is 12.4. The average molecular weight is 413 g/mol. The third kappa shape index (κ3) is 3.23. The number of carboxylic acid groups (broad SMARTS) is 1. The number of nitrogens with zero attached hydrogens (tertiary/aromatic N) is 1. The molecule has 0 unspecified atom stereocenters. The summed E-state index contributed by atoms with van der Waals surface area (Å²) in [5.41, 5.74) is 0.0214. The van der Waals surface area contributed by atoms with Crippen LogP contribution in [0.15, 0.2) is 23.1 Å². The molecule has 0 aromatic heterocycles. The Labute approximate surface area is 129 Å². The second-order valence-electron chi connectivity index (χ2n) is 3.96. The topological polar surface area (TPSA) is 74.7 Å². The van der Waals surface area contributed by atoms with Gasteiger partial charge in [0, 0.05) is 28.2 Å². The normalized spacial score (nSPS) is 17.3. The molecule has 1 N–H and O–H groups in total. The van der Waals surface area contributed by atoms with E-state index in [2.05, 4.69) is 0 Å². The molecule has 0 radical (unpaired) electrons. The SMILES string of the molecule is O=C(O)c1cc(S(=O)(=O)N2CCSCC2)ccc1I. The van der Waals surface area contributed by atoms with Crippen LogP contribution in [-0.2, 0) is 10.0 Å². The molecule has 1 aromatic rings. The number of benzene rings is 1. The number of hydrogen-bond donors (Lipinski definition) is 1. The predicted octanol–water partition coefficient (Wildman–Crippen LogP) is 1.73. The summed E-state index contributed by atoms with van der Waals surface area (Å²) in [5.74, 6) is 0.431. The van der Waals surface area contributed by atoms with Gasteiger partial charge in [0.05, 0.1) is 10.5 Å². The van der Waals surface area contributed by atoms with Crippen molar-refractivity contribution in [1.82, 2.24) is 4.31 Å². The van der Waals surface area contributed by atoms with Crippen LogP contribution in [0.3, 0.4) is 0 Å². The lowest BCUT2D eigenvalue weighted by molar-refractivity contribution is 0.0695. The van der Waals surface area contributed by atoms with Crippen molar-refractivity contribution in [2.75, 3.05) is 24.6 Å². The Morgan fingerprint density at radius 2 is 1.95 bits per heavy atom. The van der Waals surface area contributed by atoms with Crippen LogP contribution in [0.4, 0.5) is 0 Å². The highest BCUT2D eigenvalue weighted by molar-refractivity contribution is 14.1. The molecule has 1 aliphatic rings. The summed E-state index contributed by atoms with van der Waals surface area (Å²) in [6.45, 7) is 0.947. The van der Waals surface area contributed by atoms with Crippen LogP contribution in [0.5, 0.6) is 0 Å². The molecule has 1 fully saturated rings. The summed E-state index contributed by atoms with van der Waals surface area (Å²) in [4.78, 5) is 11.1. The van der Waals surface area contributed by atoms with Crippen molar-refractivity contribution in [3.05, 3.63) is 27.3 Å². The molecule has 5 nitrogen and oxygen atoms in total. The number of carboxylic acids is 1. The number of sulfonamides is 1. The smallest absolute Gasteiger partial charge is 0.336 e. The van der Waals surface area contributed by atoms with Crippen LogP contribution < -0.4 is 0 Å². The first-order chi connectivity index (χ1) is 8.93. The summed E-state index contributed by atoms with van der Waals surface area (Å²) in [7, 11) is -3.58. The van der Waals surface area contributed by atoms with Crippen molar-refractivity contribution in [3.8, 4) is 0 Å². The fourth-order valence-corrected chi connectivity index (χ4v) is 4.93. The number of rotatable bonds is 3. The van der Waals surface area contributed by atoms with Gasteiger partial charge in [-0.2, -0.15) is 16.1 Å². The molecule has 8 heteroatoms. The summed E-state index contributed by atoms with van der Waals surface area (Å²) >= 11 is 3.60. The maximum Gasteiger partial charge on any atom is 0.336 e. The predicted molar refractivity (Wildman–Crippen MR) is 82.2 cm³/mol. The lowest BCUT2D eigenvalue weighted by Gasteiger charge is -2.25. The lowest BCUT2D eigenvalue weighted by Crippen LogP contribution is -2.37. The van der Waals surface area contributed by atoms with E-state index in [1.165, 1.54) is 22.5 Å². The molecule has 0 atom stereocenters. The number of aromatic carboxylic acids is 1. The molecule has 104 valence electrons. The van der Waals surface area contributed by atoms with Gasteiger partial charge in [-0.25, -0.2) is 13.2 Å². The summed E-state index contributed by atoms with van der Waals surface area (Å²) in [6, 6.07) is 4.22. The molecule has 19 heavy (non-hydrogen) atoms. The average Bonchev–Trinajstić information content (AvgIpc) is 2.39. The summed E-state index contributed by atoms with van der Waals surface area (Å²) in [6.07, 6.45) is 0. The Morgan fingerprint density at radius 1 is 1.32 bits per heavy atom. The van der Waals surface area contributed by atoms with Crippen LogP contribution in [0.1, 0.15) is 10.4 Å². The van der Waals surface area contributed by atoms with Crippen molar-refractivity contribution in [2.24, 2.45) is 0 Å². The number of halogens is 1. The highest BCUT2D eigenvalue weighted by atomic mass is 127. The number of thioether (sulfide) groups is 1. The molecular formula is C11H12INO4S2. The Morgan fingerprint density at radius 3 is 2.53 bits per heavy atom. The van der Waals surface area contributed by atoms with E-state index in [-0.39, 0.29) is 10.5 Å². The molecular weight excluding hydrogens is 401 g/mol. The van der Waals surface area contributed by atoms with Gasteiger partial charge in [-0.1, -0.05) is 0 Å². The van der Waals surface area contributed by atoms with E-state index in [0.717, 1.165) is 11.5 Å². The standard InChI is InChI=1S/C11H12INO4S2/c12-10-2-1-8(7-9(10)11(14)15)19(16,17)13-3-5-18-6-4-13/h1-2,7H,3-6H2,(H,14,15). The minimum atomic E-state index is -3.58. The van der Waals surface area contributed by atoms with E-state index in [9.17, 15) is 13.2 Å². The molecule has 0 amide bonds. The largest absolute Gasteiger partial charge is 0.478 e. The van der Waals surface area contributed by atoms with Crippen molar-refractivity contribution in [3.63, 3.8) is 0 Å². The van der Waals surface area contributed by atoms with Gasteiger partial charge in [-0.3, -0.25) is 0 Å².